The Morgan fingerprint density at radius 3 is 2.29 bits per heavy atom. The summed E-state index contributed by atoms with van der Waals surface area (Å²) in [5.41, 5.74) is 1.86. The van der Waals surface area contributed by atoms with E-state index in [0.717, 1.165) is 15.6 Å². The van der Waals surface area contributed by atoms with E-state index in [1.54, 1.807) is 0 Å². The largest absolute Gasteiger partial charge is 0.486 e. The number of carbonyl (C=O) groups is 2. The van der Waals surface area contributed by atoms with E-state index >= 15 is 0 Å². The van der Waals surface area contributed by atoms with Crippen molar-refractivity contribution in [3.8, 4) is 11.5 Å². The van der Waals surface area contributed by atoms with Gasteiger partial charge in [0.15, 0.2) is 11.5 Å². The Morgan fingerprint density at radius 1 is 1.00 bits per heavy atom. The molecule has 8 heteroatoms. The molecule has 0 saturated carbocycles. The predicted octanol–water partition coefficient (Wildman–Crippen LogP) is 3.92. The topological polar surface area (TPSA) is 88.7 Å². The summed E-state index contributed by atoms with van der Waals surface area (Å²) in [5, 5.41) is 8.59. The van der Waals surface area contributed by atoms with Crippen LogP contribution in [0.1, 0.15) is 37.9 Å². The number of halogens is 1. The third-order valence-electron chi connectivity index (χ3n) is 5.02. The van der Waals surface area contributed by atoms with Crippen molar-refractivity contribution in [3.63, 3.8) is 0 Å². The molecule has 2 atom stereocenters. The van der Waals surface area contributed by atoms with Gasteiger partial charge in [-0.15, -0.1) is 0 Å². The SMILES string of the molecule is CC(NC(=O)C(NC(=O)NCc1ccccc1)C(C)C)c1cc2c(cc1Br)OCCO2. The number of nitrogens with one attached hydrogen (secondary N) is 3. The van der Waals surface area contributed by atoms with Crippen LogP contribution in [0.4, 0.5) is 4.79 Å². The van der Waals surface area contributed by atoms with Crippen LogP contribution in [0.2, 0.25) is 0 Å². The van der Waals surface area contributed by atoms with Crippen molar-refractivity contribution in [2.45, 2.75) is 39.4 Å². The molecule has 0 radical (unpaired) electrons. The molecular formula is C23H28BrN3O4. The van der Waals surface area contributed by atoms with Gasteiger partial charge in [0.05, 0.1) is 6.04 Å². The molecule has 1 aliphatic rings. The molecule has 1 heterocycles. The zero-order chi connectivity index (χ0) is 22.4. The molecule has 2 unspecified atom stereocenters. The molecule has 1 aliphatic heterocycles. The first-order chi connectivity index (χ1) is 14.8. The summed E-state index contributed by atoms with van der Waals surface area (Å²) in [6.45, 7) is 7.07. The maximum Gasteiger partial charge on any atom is 0.315 e. The quantitative estimate of drug-likeness (QED) is 0.549. The molecule has 2 aromatic rings. The van der Waals surface area contributed by atoms with Crippen LogP contribution in [0.3, 0.4) is 0 Å². The van der Waals surface area contributed by atoms with Gasteiger partial charge in [-0.2, -0.15) is 0 Å². The molecule has 0 aliphatic carbocycles. The maximum absolute atomic E-state index is 13.0. The first kappa shape index (κ1) is 22.9. The second kappa shape index (κ2) is 10.5. The van der Waals surface area contributed by atoms with Crippen LogP contribution in [-0.4, -0.2) is 31.2 Å². The number of benzene rings is 2. The highest BCUT2D eigenvalue weighted by Crippen LogP contribution is 2.37. The van der Waals surface area contributed by atoms with Gasteiger partial charge in [0.1, 0.15) is 19.3 Å². The average Bonchev–Trinajstić information content (AvgIpc) is 2.75. The number of ether oxygens (including phenoxy) is 2. The normalized spacial score (nSPS) is 14.5. The van der Waals surface area contributed by atoms with Crippen LogP contribution in [0.25, 0.3) is 0 Å². The van der Waals surface area contributed by atoms with E-state index in [4.69, 9.17) is 9.47 Å². The highest BCUT2D eigenvalue weighted by molar-refractivity contribution is 9.10. The minimum absolute atomic E-state index is 0.0848. The average molecular weight is 490 g/mol. The van der Waals surface area contributed by atoms with Crippen molar-refractivity contribution < 1.29 is 19.1 Å². The molecule has 0 fully saturated rings. The first-order valence-electron chi connectivity index (χ1n) is 10.3. The summed E-state index contributed by atoms with van der Waals surface area (Å²) in [4.78, 5) is 25.3. The number of hydrogen-bond acceptors (Lipinski definition) is 4. The van der Waals surface area contributed by atoms with Crippen LogP contribution in [0, 0.1) is 5.92 Å². The van der Waals surface area contributed by atoms with Crippen LogP contribution < -0.4 is 25.4 Å². The van der Waals surface area contributed by atoms with Gasteiger partial charge in [-0.05, 0) is 36.1 Å². The van der Waals surface area contributed by atoms with Crippen molar-refractivity contribution in [1.29, 1.82) is 0 Å². The molecule has 7 nitrogen and oxygen atoms in total. The highest BCUT2D eigenvalue weighted by atomic mass is 79.9. The van der Waals surface area contributed by atoms with Crippen molar-refractivity contribution in [2.75, 3.05) is 13.2 Å². The lowest BCUT2D eigenvalue weighted by molar-refractivity contribution is -0.124. The number of carbonyl (C=O) groups excluding carboxylic acids is 2. The Kier molecular flexibility index (Phi) is 7.79. The fourth-order valence-electron chi connectivity index (χ4n) is 3.30. The summed E-state index contributed by atoms with van der Waals surface area (Å²) < 4.78 is 12.1. The van der Waals surface area contributed by atoms with Crippen molar-refractivity contribution in [2.24, 2.45) is 5.92 Å². The van der Waals surface area contributed by atoms with Gasteiger partial charge in [0.2, 0.25) is 5.91 Å². The van der Waals surface area contributed by atoms with Crippen molar-refractivity contribution in [1.82, 2.24) is 16.0 Å². The highest BCUT2D eigenvalue weighted by Gasteiger charge is 2.27. The van der Waals surface area contributed by atoms with Gasteiger partial charge in [-0.1, -0.05) is 60.1 Å². The van der Waals surface area contributed by atoms with E-state index in [0.29, 0.717) is 31.3 Å². The minimum Gasteiger partial charge on any atom is -0.486 e. The van der Waals surface area contributed by atoms with Crippen LogP contribution in [0.15, 0.2) is 46.9 Å². The number of amides is 3. The van der Waals surface area contributed by atoms with E-state index in [1.807, 2.05) is 63.2 Å². The summed E-state index contributed by atoms with van der Waals surface area (Å²) in [7, 11) is 0. The molecule has 3 N–H and O–H groups in total. The second-order valence-electron chi connectivity index (χ2n) is 7.78. The second-order valence-corrected chi connectivity index (χ2v) is 8.64. The van der Waals surface area contributed by atoms with E-state index < -0.39 is 6.04 Å². The lowest BCUT2D eigenvalue weighted by atomic mass is 10.0. The van der Waals surface area contributed by atoms with E-state index in [9.17, 15) is 9.59 Å². The zero-order valence-electron chi connectivity index (χ0n) is 17.9. The number of hydrogen-bond donors (Lipinski definition) is 3. The standard InChI is InChI=1S/C23H28BrN3O4/c1-14(2)21(27-23(29)25-13-16-7-5-4-6-8-16)22(28)26-15(3)17-11-19-20(12-18(17)24)31-10-9-30-19/h4-8,11-12,14-15,21H,9-10,13H2,1-3H3,(H,26,28)(H2,25,27,29). The van der Waals surface area contributed by atoms with E-state index in [-0.39, 0.29) is 23.9 Å². The molecule has 0 aromatic heterocycles. The van der Waals surface area contributed by atoms with Crippen LogP contribution >= 0.6 is 15.9 Å². The summed E-state index contributed by atoms with van der Waals surface area (Å²) in [6.07, 6.45) is 0. The lowest BCUT2D eigenvalue weighted by Crippen LogP contribution is -2.52. The van der Waals surface area contributed by atoms with E-state index in [1.165, 1.54) is 0 Å². The van der Waals surface area contributed by atoms with Crippen LogP contribution in [0.5, 0.6) is 11.5 Å². The van der Waals surface area contributed by atoms with Gasteiger partial charge < -0.3 is 25.4 Å². The fraction of sp³-hybridized carbons (Fsp3) is 0.391. The van der Waals surface area contributed by atoms with Gasteiger partial charge in [-0.3, -0.25) is 4.79 Å². The molecular weight excluding hydrogens is 462 g/mol. The third kappa shape index (κ3) is 6.13. The molecule has 2 aromatic carbocycles. The molecule has 3 amide bonds. The Balaban J connectivity index is 1.61. The molecule has 3 rings (SSSR count). The first-order valence-corrected chi connectivity index (χ1v) is 11.1. The summed E-state index contributed by atoms with van der Waals surface area (Å²) in [6, 6.07) is 12.0. The number of fused-ring (bicyclic) bond motifs is 1. The number of urea groups is 1. The van der Waals surface area contributed by atoms with Crippen LogP contribution in [-0.2, 0) is 11.3 Å². The third-order valence-corrected chi connectivity index (χ3v) is 5.71. The van der Waals surface area contributed by atoms with E-state index in [2.05, 4.69) is 31.9 Å². The maximum atomic E-state index is 13.0. The van der Waals surface area contributed by atoms with Gasteiger partial charge >= 0.3 is 6.03 Å². The Hall–Kier alpha value is -2.74. The number of rotatable bonds is 7. The molecule has 0 bridgehead atoms. The Morgan fingerprint density at radius 2 is 1.65 bits per heavy atom. The molecule has 166 valence electrons. The fourth-order valence-corrected chi connectivity index (χ4v) is 3.96. The predicted molar refractivity (Wildman–Crippen MR) is 122 cm³/mol. The Labute approximate surface area is 191 Å². The van der Waals surface area contributed by atoms with Gasteiger partial charge in [0.25, 0.3) is 0 Å². The molecule has 0 spiro atoms. The summed E-state index contributed by atoms with van der Waals surface area (Å²) >= 11 is 3.55. The minimum atomic E-state index is -0.672. The van der Waals surface area contributed by atoms with Gasteiger partial charge in [0, 0.05) is 11.0 Å². The lowest BCUT2D eigenvalue weighted by Gasteiger charge is -2.26. The van der Waals surface area contributed by atoms with Crippen molar-refractivity contribution in [3.05, 3.63) is 58.1 Å². The zero-order valence-corrected chi connectivity index (χ0v) is 19.5. The Bertz CT molecular complexity index is 921. The molecule has 31 heavy (non-hydrogen) atoms. The van der Waals surface area contributed by atoms with Gasteiger partial charge in [-0.25, -0.2) is 4.79 Å². The smallest absolute Gasteiger partial charge is 0.315 e. The summed E-state index contributed by atoms with van der Waals surface area (Å²) in [5.74, 6) is 0.999. The van der Waals surface area contributed by atoms with Crippen molar-refractivity contribution >= 4 is 27.9 Å². The molecule has 0 saturated heterocycles. The monoisotopic (exact) mass is 489 g/mol.